The van der Waals surface area contributed by atoms with Gasteiger partial charge < -0.3 is 15.4 Å². The van der Waals surface area contributed by atoms with Crippen LogP contribution in [0.2, 0.25) is 0 Å². The fourth-order valence-electron chi connectivity index (χ4n) is 2.49. The summed E-state index contributed by atoms with van der Waals surface area (Å²) < 4.78 is 0. The molecule has 1 unspecified atom stereocenters. The second-order valence-corrected chi connectivity index (χ2v) is 5.12. The first kappa shape index (κ1) is 14.6. The van der Waals surface area contributed by atoms with E-state index < -0.39 is 6.10 Å². The van der Waals surface area contributed by atoms with E-state index in [0.29, 0.717) is 12.2 Å². The van der Waals surface area contributed by atoms with Crippen LogP contribution in [0.3, 0.4) is 0 Å². The predicted molar refractivity (Wildman–Crippen MR) is 80.7 cm³/mol. The molecule has 2 rings (SSSR count). The first-order valence-electron chi connectivity index (χ1n) is 7.19. The Labute approximate surface area is 119 Å². The molecule has 4 heteroatoms. The summed E-state index contributed by atoms with van der Waals surface area (Å²) in [4.78, 5) is 15.1. The molecule has 1 amide bonds. The van der Waals surface area contributed by atoms with Crippen molar-refractivity contribution in [2.24, 2.45) is 5.92 Å². The van der Waals surface area contributed by atoms with E-state index in [4.69, 9.17) is 0 Å². The molecule has 4 nitrogen and oxygen atoms in total. The lowest BCUT2D eigenvalue weighted by Gasteiger charge is -2.20. The maximum Gasteiger partial charge on any atom is 0.267 e. The van der Waals surface area contributed by atoms with Gasteiger partial charge in [0.25, 0.3) is 5.91 Å². The van der Waals surface area contributed by atoms with Gasteiger partial charge in [0.1, 0.15) is 5.69 Å². The maximum atomic E-state index is 12.1. The highest BCUT2D eigenvalue weighted by atomic mass is 16.3. The molecule has 0 aliphatic carbocycles. The number of carbonyl (C=O) groups excluding carboxylic acids is 1. The minimum absolute atomic E-state index is 0.175. The van der Waals surface area contributed by atoms with Crippen molar-refractivity contribution in [3.8, 4) is 0 Å². The molecule has 0 spiro atoms. The van der Waals surface area contributed by atoms with Crippen molar-refractivity contribution < 1.29 is 9.90 Å². The minimum Gasteiger partial charge on any atom is -0.391 e. The van der Waals surface area contributed by atoms with Gasteiger partial charge in [0.05, 0.1) is 6.10 Å². The van der Waals surface area contributed by atoms with Crippen LogP contribution >= 0.6 is 0 Å². The monoisotopic (exact) mass is 274 g/mol. The van der Waals surface area contributed by atoms with Gasteiger partial charge in [0.15, 0.2) is 0 Å². The van der Waals surface area contributed by atoms with Gasteiger partial charge in [-0.2, -0.15) is 0 Å². The number of carbonyl (C=O) groups is 1. The number of hydrogen-bond donors (Lipinski definition) is 3. The number of amides is 1. The van der Waals surface area contributed by atoms with Crippen LogP contribution in [0.15, 0.2) is 30.3 Å². The Balaban J connectivity index is 1.98. The number of aromatic nitrogens is 1. The van der Waals surface area contributed by atoms with Crippen molar-refractivity contribution in [3.05, 3.63) is 36.0 Å². The molecule has 0 bridgehead atoms. The zero-order chi connectivity index (χ0) is 14.5. The summed E-state index contributed by atoms with van der Waals surface area (Å²) in [6.07, 6.45) is 1.35. The fourth-order valence-corrected chi connectivity index (χ4v) is 2.49. The molecule has 1 atom stereocenters. The Morgan fingerprint density at radius 2 is 2.00 bits per heavy atom. The largest absolute Gasteiger partial charge is 0.391 e. The first-order chi connectivity index (χ1) is 9.65. The molecule has 0 fully saturated rings. The van der Waals surface area contributed by atoms with Gasteiger partial charge in [-0.05, 0) is 18.1 Å². The highest BCUT2D eigenvalue weighted by Crippen LogP contribution is 2.15. The molecule has 0 aliphatic rings. The molecule has 0 radical (unpaired) electrons. The third-order valence-electron chi connectivity index (χ3n) is 3.84. The number of H-pyrrole nitrogens is 1. The maximum absolute atomic E-state index is 12.1. The highest BCUT2D eigenvalue weighted by Gasteiger charge is 2.17. The molecule has 1 heterocycles. The number of aromatic amines is 1. The Hall–Kier alpha value is -1.81. The second kappa shape index (κ2) is 6.57. The summed E-state index contributed by atoms with van der Waals surface area (Å²) in [5.74, 6) is 0.0595. The molecule has 0 saturated heterocycles. The molecule has 0 aliphatic heterocycles. The van der Waals surface area contributed by atoms with Crippen molar-refractivity contribution in [1.82, 2.24) is 10.3 Å². The summed E-state index contributed by atoms with van der Waals surface area (Å²) in [5, 5.41) is 13.8. The SMILES string of the molecule is CCC(CC)C(O)CNC(=O)c1cc2ccccc2[nH]1. The average Bonchev–Trinajstić information content (AvgIpc) is 2.90. The van der Waals surface area contributed by atoms with E-state index in [9.17, 15) is 9.90 Å². The Kier molecular flexibility index (Phi) is 4.79. The van der Waals surface area contributed by atoms with Crippen molar-refractivity contribution in [2.75, 3.05) is 6.54 Å². The molecule has 1 aromatic carbocycles. The number of para-hydroxylation sites is 1. The predicted octanol–water partition coefficient (Wildman–Crippen LogP) is 2.69. The van der Waals surface area contributed by atoms with Gasteiger partial charge in [-0.1, -0.05) is 44.9 Å². The molecule has 1 aromatic heterocycles. The third-order valence-corrected chi connectivity index (χ3v) is 3.84. The van der Waals surface area contributed by atoms with Crippen LogP contribution in [0.5, 0.6) is 0 Å². The lowest BCUT2D eigenvalue weighted by Crippen LogP contribution is -2.36. The molecule has 108 valence electrons. The lowest BCUT2D eigenvalue weighted by atomic mass is 9.96. The molecule has 20 heavy (non-hydrogen) atoms. The third kappa shape index (κ3) is 3.20. The number of benzene rings is 1. The summed E-state index contributed by atoms with van der Waals surface area (Å²) in [6, 6.07) is 9.59. The van der Waals surface area contributed by atoms with Crippen LogP contribution in [0, 0.1) is 5.92 Å². The quantitative estimate of drug-likeness (QED) is 0.758. The van der Waals surface area contributed by atoms with Crippen LogP contribution in [-0.2, 0) is 0 Å². The van der Waals surface area contributed by atoms with Gasteiger partial charge in [0, 0.05) is 17.4 Å². The van der Waals surface area contributed by atoms with Crippen molar-refractivity contribution in [2.45, 2.75) is 32.8 Å². The van der Waals surface area contributed by atoms with Crippen molar-refractivity contribution in [1.29, 1.82) is 0 Å². The minimum atomic E-state index is -0.488. The fraction of sp³-hybridized carbons (Fsp3) is 0.438. The van der Waals surface area contributed by atoms with Crippen LogP contribution < -0.4 is 5.32 Å². The highest BCUT2D eigenvalue weighted by molar-refractivity contribution is 5.97. The Morgan fingerprint density at radius 1 is 1.30 bits per heavy atom. The molecule has 3 N–H and O–H groups in total. The summed E-state index contributed by atoms with van der Waals surface area (Å²) in [6.45, 7) is 4.40. The van der Waals surface area contributed by atoms with Crippen molar-refractivity contribution in [3.63, 3.8) is 0 Å². The molecule has 0 saturated carbocycles. The van der Waals surface area contributed by atoms with Crippen LogP contribution in [0.4, 0.5) is 0 Å². The van der Waals surface area contributed by atoms with E-state index >= 15 is 0 Å². The summed E-state index contributed by atoms with van der Waals surface area (Å²) in [7, 11) is 0. The van der Waals surface area contributed by atoms with Crippen molar-refractivity contribution >= 4 is 16.8 Å². The zero-order valence-electron chi connectivity index (χ0n) is 12.0. The van der Waals surface area contributed by atoms with E-state index in [-0.39, 0.29) is 11.8 Å². The lowest BCUT2D eigenvalue weighted by molar-refractivity contribution is 0.0813. The van der Waals surface area contributed by atoms with E-state index in [1.54, 1.807) is 0 Å². The van der Waals surface area contributed by atoms with Crippen LogP contribution in [0.1, 0.15) is 37.2 Å². The van der Waals surface area contributed by atoms with E-state index in [1.165, 1.54) is 0 Å². The normalized spacial score (nSPS) is 12.8. The molecular formula is C16H22N2O2. The summed E-state index contributed by atoms with van der Waals surface area (Å²) >= 11 is 0. The van der Waals surface area contributed by atoms with E-state index in [0.717, 1.165) is 23.7 Å². The standard InChI is InChI=1S/C16H22N2O2/c1-3-11(4-2)15(19)10-17-16(20)14-9-12-7-5-6-8-13(12)18-14/h5-9,11,15,18-19H,3-4,10H2,1-2H3,(H,17,20). The van der Waals surface area contributed by atoms with Gasteiger partial charge in [-0.15, -0.1) is 0 Å². The zero-order valence-corrected chi connectivity index (χ0v) is 12.0. The van der Waals surface area contributed by atoms with Crippen LogP contribution in [-0.4, -0.2) is 28.6 Å². The van der Waals surface area contributed by atoms with Gasteiger partial charge >= 0.3 is 0 Å². The van der Waals surface area contributed by atoms with Gasteiger partial charge in [0.2, 0.25) is 0 Å². The smallest absolute Gasteiger partial charge is 0.267 e. The number of nitrogens with one attached hydrogen (secondary N) is 2. The Bertz CT molecular complexity index is 540. The topological polar surface area (TPSA) is 65.1 Å². The van der Waals surface area contributed by atoms with E-state index in [1.807, 2.05) is 30.3 Å². The molecule has 2 aromatic rings. The number of aliphatic hydroxyl groups is 1. The van der Waals surface area contributed by atoms with Crippen LogP contribution in [0.25, 0.3) is 10.9 Å². The molecular weight excluding hydrogens is 252 g/mol. The average molecular weight is 274 g/mol. The van der Waals surface area contributed by atoms with Gasteiger partial charge in [-0.3, -0.25) is 4.79 Å². The number of fused-ring (bicyclic) bond motifs is 1. The summed E-state index contributed by atoms with van der Waals surface area (Å²) in [5.41, 5.74) is 1.47. The number of aliphatic hydroxyl groups excluding tert-OH is 1. The number of rotatable bonds is 6. The Morgan fingerprint density at radius 3 is 2.65 bits per heavy atom. The second-order valence-electron chi connectivity index (χ2n) is 5.12. The van der Waals surface area contributed by atoms with E-state index in [2.05, 4.69) is 24.1 Å². The number of hydrogen-bond acceptors (Lipinski definition) is 2. The first-order valence-corrected chi connectivity index (χ1v) is 7.19. The van der Waals surface area contributed by atoms with Gasteiger partial charge in [-0.25, -0.2) is 0 Å².